The van der Waals surface area contributed by atoms with Gasteiger partial charge in [0.2, 0.25) is 5.13 Å². The zero-order valence-corrected chi connectivity index (χ0v) is 14.1. The minimum atomic E-state index is 0.562. The highest BCUT2D eigenvalue weighted by atomic mass is 32.2. The maximum absolute atomic E-state index is 8.86. The highest BCUT2D eigenvalue weighted by Crippen LogP contribution is 2.28. The highest BCUT2D eigenvalue weighted by molar-refractivity contribution is 8.01. The lowest BCUT2D eigenvalue weighted by atomic mass is 10.2. The molecule has 0 aliphatic carbocycles. The molecule has 0 saturated carbocycles. The van der Waals surface area contributed by atoms with Crippen molar-refractivity contribution in [3.63, 3.8) is 0 Å². The van der Waals surface area contributed by atoms with E-state index in [1.807, 2.05) is 12.1 Å². The van der Waals surface area contributed by atoms with Gasteiger partial charge in [0.1, 0.15) is 5.75 Å². The summed E-state index contributed by atoms with van der Waals surface area (Å²) in [5, 5.41) is 18.3. The van der Waals surface area contributed by atoms with Crippen LogP contribution in [-0.2, 0) is 4.74 Å². The molecule has 23 heavy (non-hydrogen) atoms. The van der Waals surface area contributed by atoms with Crippen LogP contribution in [0.4, 0.5) is 5.13 Å². The van der Waals surface area contributed by atoms with Crippen molar-refractivity contribution in [3.8, 4) is 11.8 Å². The molecule has 1 aromatic heterocycles. The van der Waals surface area contributed by atoms with Crippen LogP contribution in [0, 0.1) is 11.3 Å². The summed E-state index contributed by atoms with van der Waals surface area (Å²) in [5.41, 5.74) is 0.606. The first-order chi connectivity index (χ1) is 11.3. The number of ether oxygens (including phenoxy) is 2. The molecule has 8 heteroatoms. The lowest BCUT2D eigenvalue weighted by Crippen LogP contribution is -2.36. The molecule has 1 fully saturated rings. The van der Waals surface area contributed by atoms with Crippen LogP contribution in [-0.4, -0.2) is 48.9 Å². The first-order valence-electron chi connectivity index (χ1n) is 7.27. The third kappa shape index (κ3) is 4.58. The van der Waals surface area contributed by atoms with E-state index in [9.17, 15) is 0 Å². The van der Waals surface area contributed by atoms with Gasteiger partial charge in [-0.3, -0.25) is 0 Å². The van der Waals surface area contributed by atoms with E-state index < -0.39 is 0 Å². The van der Waals surface area contributed by atoms with Gasteiger partial charge in [0.25, 0.3) is 0 Å². The first-order valence-corrected chi connectivity index (χ1v) is 9.07. The summed E-state index contributed by atoms with van der Waals surface area (Å²) >= 11 is 3.24. The van der Waals surface area contributed by atoms with Crippen LogP contribution in [0.3, 0.4) is 0 Å². The minimum absolute atomic E-state index is 0.562. The number of rotatable bonds is 6. The van der Waals surface area contributed by atoms with Crippen LogP contribution in [0.15, 0.2) is 28.6 Å². The number of hydrogen-bond acceptors (Lipinski definition) is 8. The van der Waals surface area contributed by atoms with Crippen molar-refractivity contribution in [1.29, 1.82) is 5.26 Å². The predicted octanol–water partition coefficient (Wildman–Crippen LogP) is 2.42. The fourth-order valence-corrected chi connectivity index (χ4v) is 3.87. The van der Waals surface area contributed by atoms with E-state index in [-0.39, 0.29) is 0 Å². The molecule has 0 spiro atoms. The molecule has 0 amide bonds. The van der Waals surface area contributed by atoms with Crippen molar-refractivity contribution in [3.05, 3.63) is 29.8 Å². The summed E-state index contributed by atoms with van der Waals surface area (Å²) in [6, 6.07) is 9.28. The zero-order valence-electron chi connectivity index (χ0n) is 12.5. The van der Waals surface area contributed by atoms with Gasteiger partial charge in [-0.1, -0.05) is 29.2 Å². The average molecular weight is 348 g/mol. The molecule has 0 radical (unpaired) electrons. The monoisotopic (exact) mass is 348 g/mol. The fourth-order valence-electron chi connectivity index (χ4n) is 2.09. The number of nitrogens with zero attached hydrogens (tertiary/aromatic N) is 4. The van der Waals surface area contributed by atoms with E-state index in [1.165, 1.54) is 0 Å². The molecule has 0 unspecified atom stereocenters. The smallest absolute Gasteiger partial charge is 0.209 e. The number of thioether (sulfide) groups is 1. The van der Waals surface area contributed by atoms with Crippen molar-refractivity contribution in [2.75, 3.05) is 43.6 Å². The summed E-state index contributed by atoms with van der Waals surface area (Å²) < 4.78 is 11.9. The number of hydrogen-bond donors (Lipinski definition) is 0. The summed E-state index contributed by atoms with van der Waals surface area (Å²) in [4.78, 5) is 2.20. The van der Waals surface area contributed by atoms with Crippen molar-refractivity contribution < 1.29 is 9.47 Å². The van der Waals surface area contributed by atoms with Gasteiger partial charge in [-0.2, -0.15) is 5.26 Å². The van der Waals surface area contributed by atoms with E-state index in [0.717, 1.165) is 47.3 Å². The van der Waals surface area contributed by atoms with Gasteiger partial charge in [0.15, 0.2) is 4.34 Å². The number of morpholine rings is 1. The fraction of sp³-hybridized carbons (Fsp3) is 0.400. The Morgan fingerprint density at radius 2 is 2.22 bits per heavy atom. The molecule has 0 bridgehead atoms. The number of anilines is 1. The van der Waals surface area contributed by atoms with Gasteiger partial charge in [-0.25, -0.2) is 0 Å². The molecule has 0 N–H and O–H groups in total. The standard InChI is InChI=1S/C15H16N4O2S2/c16-11-12-2-1-3-13(10-12)21-8-9-22-15-18-17-14(23-15)19-4-6-20-7-5-19/h1-3,10H,4-9H2. The second kappa shape index (κ2) is 8.15. The lowest BCUT2D eigenvalue weighted by molar-refractivity contribution is 0.122. The van der Waals surface area contributed by atoms with Crippen molar-refractivity contribution in [2.24, 2.45) is 0 Å². The Bertz CT molecular complexity index is 680. The normalized spacial score (nSPS) is 14.5. The molecule has 6 nitrogen and oxygen atoms in total. The van der Waals surface area contributed by atoms with Crippen molar-refractivity contribution in [2.45, 2.75) is 4.34 Å². The van der Waals surface area contributed by atoms with Crippen LogP contribution in [0.5, 0.6) is 5.75 Å². The van der Waals surface area contributed by atoms with Crippen LogP contribution in [0.25, 0.3) is 0 Å². The SMILES string of the molecule is N#Cc1cccc(OCCSc2nnc(N3CCOCC3)s2)c1. The third-order valence-electron chi connectivity index (χ3n) is 3.22. The van der Waals surface area contributed by atoms with E-state index in [0.29, 0.717) is 12.2 Å². The van der Waals surface area contributed by atoms with Gasteiger partial charge < -0.3 is 14.4 Å². The van der Waals surface area contributed by atoms with Gasteiger partial charge in [-0.15, -0.1) is 10.2 Å². The number of benzene rings is 1. The van der Waals surface area contributed by atoms with Gasteiger partial charge in [0.05, 0.1) is 31.5 Å². The molecular formula is C15H16N4O2S2. The number of aromatic nitrogens is 2. The lowest BCUT2D eigenvalue weighted by Gasteiger charge is -2.25. The molecule has 120 valence electrons. The molecule has 1 aromatic carbocycles. The van der Waals surface area contributed by atoms with Gasteiger partial charge in [-0.05, 0) is 18.2 Å². The zero-order chi connectivity index (χ0) is 15.9. The molecule has 2 heterocycles. The molecule has 2 aromatic rings. The Labute approximate surface area is 143 Å². The Kier molecular flexibility index (Phi) is 5.69. The van der Waals surface area contributed by atoms with Gasteiger partial charge in [0, 0.05) is 18.8 Å². The van der Waals surface area contributed by atoms with Crippen LogP contribution in [0.1, 0.15) is 5.56 Å². The second-order valence-corrected chi connectivity index (χ2v) is 7.08. The Morgan fingerprint density at radius 3 is 3.04 bits per heavy atom. The summed E-state index contributed by atoms with van der Waals surface area (Å²) in [6.45, 7) is 3.80. The molecular weight excluding hydrogens is 332 g/mol. The first kappa shape index (κ1) is 16.1. The Morgan fingerprint density at radius 1 is 1.35 bits per heavy atom. The molecule has 3 rings (SSSR count). The molecule has 1 saturated heterocycles. The predicted molar refractivity (Wildman–Crippen MR) is 90.3 cm³/mol. The van der Waals surface area contributed by atoms with E-state index >= 15 is 0 Å². The molecule has 1 aliphatic rings. The van der Waals surface area contributed by atoms with Crippen LogP contribution in [0.2, 0.25) is 0 Å². The summed E-state index contributed by atoms with van der Waals surface area (Å²) in [7, 11) is 0. The van der Waals surface area contributed by atoms with Gasteiger partial charge >= 0.3 is 0 Å². The van der Waals surface area contributed by atoms with Crippen molar-refractivity contribution in [1.82, 2.24) is 10.2 Å². The Hall–Kier alpha value is -1.82. The van der Waals surface area contributed by atoms with Crippen molar-refractivity contribution >= 4 is 28.2 Å². The quantitative estimate of drug-likeness (QED) is 0.586. The second-order valence-electron chi connectivity index (χ2n) is 4.79. The average Bonchev–Trinajstić information content (AvgIpc) is 3.09. The highest BCUT2D eigenvalue weighted by Gasteiger charge is 2.15. The maximum Gasteiger partial charge on any atom is 0.209 e. The largest absolute Gasteiger partial charge is 0.493 e. The number of nitriles is 1. The van der Waals surface area contributed by atoms with E-state index in [4.69, 9.17) is 14.7 Å². The Balaban J connectivity index is 1.44. The van der Waals surface area contributed by atoms with E-state index in [2.05, 4.69) is 21.2 Å². The van der Waals surface area contributed by atoms with Crippen LogP contribution < -0.4 is 9.64 Å². The van der Waals surface area contributed by atoms with Crippen LogP contribution >= 0.6 is 23.1 Å². The summed E-state index contributed by atoms with van der Waals surface area (Å²) in [5.74, 6) is 1.50. The maximum atomic E-state index is 8.86. The topological polar surface area (TPSA) is 71.3 Å². The van der Waals surface area contributed by atoms with E-state index in [1.54, 1.807) is 35.2 Å². The molecule has 1 aliphatic heterocycles. The molecule has 0 atom stereocenters. The third-order valence-corrected chi connectivity index (χ3v) is 5.30. The minimum Gasteiger partial charge on any atom is -0.493 e. The summed E-state index contributed by atoms with van der Waals surface area (Å²) in [6.07, 6.45) is 0.